The van der Waals surface area contributed by atoms with E-state index in [-0.39, 0.29) is 18.7 Å². The Kier molecular flexibility index (Phi) is 6.94. The van der Waals surface area contributed by atoms with Gasteiger partial charge in [0.25, 0.3) is 0 Å². The lowest BCUT2D eigenvalue weighted by Crippen LogP contribution is -2.44. The van der Waals surface area contributed by atoms with E-state index in [4.69, 9.17) is 4.74 Å². The fraction of sp³-hybridized carbons (Fsp3) is 0.938. The fourth-order valence-corrected chi connectivity index (χ4v) is 2.53. The molecule has 2 unspecified atom stereocenters. The number of rotatable bonds is 4. The van der Waals surface area contributed by atoms with Crippen LogP contribution >= 0.6 is 0 Å². The van der Waals surface area contributed by atoms with Gasteiger partial charge < -0.3 is 20.1 Å². The van der Waals surface area contributed by atoms with Crippen molar-refractivity contribution in [1.29, 1.82) is 0 Å². The van der Waals surface area contributed by atoms with E-state index in [0.717, 1.165) is 25.8 Å². The first-order valence-corrected chi connectivity index (χ1v) is 8.07. The van der Waals surface area contributed by atoms with Gasteiger partial charge in [-0.2, -0.15) is 0 Å². The predicted octanol–water partition coefficient (Wildman–Crippen LogP) is 2.38. The van der Waals surface area contributed by atoms with Crippen molar-refractivity contribution in [3.05, 3.63) is 0 Å². The standard InChI is InChI=1S/C16H32N2O3/c1-12(2)14(11-19)17-13-7-6-9-18(10-8-13)15(20)21-16(3,4)5/h12-14,17,19H,6-11H2,1-5H3. The summed E-state index contributed by atoms with van der Waals surface area (Å²) in [6.45, 7) is 11.5. The summed E-state index contributed by atoms with van der Waals surface area (Å²) in [5.74, 6) is 0.403. The molecule has 5 heteroatoms. The number of aliphatic hydroxyl groups is 1. The second kappa shape index (κ2) is 7.99. The molecule has 1 fully saturated rings. The first kappa shape index (κ1) is 18.2. The lowest BCUT2D eigenvalue weighted by Gasteiger charge is -2.27. The Balaban J connectivity index is 2.48. The number of hydrogen-bond acceptors (Lipinski definition) is 4. The van der Waals surface area contributed by atoms with E-state index in [1.807, 2.05) is 20.8 Å². The Hall–Kier alpha value is -0.810. The molecule has 1 saturated heterocycles. The van der Waals surface area contributed by atoms with Gasteiger partial charge in [0.15, 0.2) is 0 Å². The van der Waals surface area contributed by atoms with Gasteiger partial charge in [-0.15, -0.1) is 0 Å². The van der Waals surface area contributed by atoms with E-state index in [0.29, 0.717) is 18.5 Å². The fourth-order valence-electron chi connectivity index (χ4n) is 2.53. The SMILES string of the molecule is CC(C)C(CO)NC1CCCN(C(=O)OC(C)(C)C)CC1. The number of amides is 1. The number of aliphatic hydroxyl groups excluding tert-OH is 1. The molecule has 5 nitrogen and oxygen atoms in total. The smallest absolute Gasteiger partial charge is 0.410 e. The Morgan fingerprint density at radius 1 is 1.33 bits per heavy atom. The van der Waals surface area contributed by atoms with Crippen molar-refractivity contribution >= 4 is 6.09 Å². The van der Waals surface area contributed by atoms with E-state index in [9.17, 15) is 9.90 Å². The highest BCUT2D eigenvalue weighted by Gasteiger charge is 2.26. The summed E-state index contributed by atoms with van der Waals surface area (Å²) in [7, 11) is 0. The summed E-state index contributed by atoms with van der Waals surface area (Å²) in [5.41, 5.74) is -0.444. The first-order chi connectivity index (χ1) is 9.73. The van der Waals surface area contributed by atoms with Gasteiger partial charge in [-0.1, -0.05) is 13.8 Å². The summed E-state index contributed by atoms with van der Waals surface area (Å²) in [4.78, 5) is 13.9. The molecule has 124 valence electrons. The van der Waals surface area contributed by atoms with Crippen LogP contribution in [-0.2, 0) is 4.74 Å². The summed E-state index contributed by atoms with van der Waals surface area (Å²) >= 11 is 0. The Bertz CT molecular complexity index is 326. The van der Waals surface area contributed by atoms with Crippen molar-refractivity contribution in [2.24, 2.45) is 5.92 Å². The summed E-state index contributed by atoms with van der Waals surface area (Å²) in [6.07, 6.45) is 2.68. The zero-order valence-corrected chi connectivity index (χ0v) is 14.2. The molecule has 1 amide bonds. The second-order valence-electron chi connectivity index (χ2n) is 7.29. The molecule has 2 N–H and O–H groups in total. The molecule has 0 aromatic carbocycles. The number of carbonyl (C=O) groups is 1. The molecule has 2 atom stereocenters. The summed E-state index contributed by atoms with van der Waals surface area (Å²) in [6, 6.07) is 0.486. The Morgan fingerprint density at radius 2 is 2.00 bits per heavy atom. The molecule has 0 aromatic heterocycles. The van der Waals surface area contributed by atoms with Crippen LogP contribution in [0, 0.1) is 5.92 Å². The van der Waals surface area contributed by atoms with Crippen LogP contribution in [0.5, 0.6) is 0 Å². The van der Waals surface area contributed by atoms with Crippen LogP contribution in [0.25, 0.3) is 0 Å². The molecule has 0 aliphatic carbocycles. The topological polar surface area (TPSA) is 61.8 Å². The van der Waals surface area contributed by atoms with Crippen molar-refractivity contribution in [2.75, 3.05) is 19.7 Å². The quantitative estimate of drug-likeness (QED) is 0.837. The van der Waals surface area contributed by atoms with Gasteiger partial charge in [-0.05, 0) is 46.0 Å². The molecule has 1 aliphatic heterocycles. The van der Waals surface area contributed by atoms with E-state index in [1.54, 1.807) is 4.90 Å². The van der Waals surface area contributed by atoms with Gasteiger partial charge in [-0.3, -0.25) is 0 Å². The maximum Gasteiger partial charge on any atom is 0.410 e. The zero-order chi connectivity index (χ0) is 16.0. The van der Waals surface area contributed by atoms with Gasteiger partial charge in [0.1, 0.15) is 5.60 Å². The van der Waals surface area contributed by atoms with Crippen molar-refractivity contribution in [3.8, 4) is 0 Å². The number of nitrogens with zero attached hydrogens (tertiary/aromatic N) is 1. The number of nitrogens with one attached hydrogen (secondary N) is 1. The lowest BCUT2D eigenvalue weighted by atomic mass is 10.0. The molecule has 0 spiro atoms. The highest BCUT2D eigenvalue weighted by Crippen LogP contribution is 2.16. The van der Waals surface area contributed by atoms with Crippen LogP contribution in [0.3, 0.4) is 0 Å². The van der Waals surface area contributed by atoms with Crippen molar-refractivity contribution in [3.63, 3.8) is 0 Å². The highest BCUT2D eigenvalue weighted by atomic mass is 16.6. The Labute approximate surface area is 129 Å². The highest BCUT2D eigenvalue weighted by molar-refractivity contribution is 5.68. The maximum absolute atomic E-state index is 12.1. The van der Waals surface area contributed by atoms with Gasteiger partial charge in [0.05, 0.1) is 6.61 Å². The minimum Gasteiger partial charge on any atom is -0.444 e. The van der Waals surface area contributed by atoms with Crippen LogP contribution in [0.4, 0.5) is 4.79 Å². The van der Waals surface area contributed by atoms with Crippen LogP contribution in [0.1, 0.15) is 53.9 Å². The van der Waals surface area contributed by atoms with Gasteiger partial charge in [0, 0.05) is 25.2 Å². The number of hydrogen-bond donors (Lipinski definition) is 2. The van der Waals surface area contributed by atoms with Crippen molar-refractivity contribution < 1.29 is 14.6 Å². The monoisotopic (exact) mass is 300 g/mol. The largest absolute Gasteiger partial charge is 0.444 e. The molecular formula is C16H32N2O3. The molecule has 0 bridgehead atoms. The number of carbonyl (C=O) groups excluding carboxylic acids is 1. The molecular weight excluding hydrogens is 268 g/mol. The maximum atomic E-state index is 12.1. The van der Waals surface area contributed by atoms with E-state index < -0.39 is 5.60 Å². The summed E-state index contributed by atoms with van der Waals surface area (Å²) in [5, 5.41) is 12.9. The zero-order valence-electron chi connectivity index (χ0n) is 14.2. The predicted molar refractivity (Wildman–Crippen MR) is 84.3 cm³/mol. The molecule has 1 rings (SSSR count). The van der Waals surface area contributed by atoms with Crippen LogP contribution in [-0.4, -0.2) is 53.5 Å². The van der Waals surface area contributed by atoms with Gasteiger partial charge in [-0.25, -0.2) is 4.79 Å². The number of ether oxygens (including phenoxy) is 1. The number of likely N-dealkylation sites (tertiary alicyclic amines) is 1. The first-order valence-electron chi connectivity index (χ1n) is 8.07. The van der Waals surface area contributed by atoms with Gasteiger partial charge in [0.2, 0.25) is 0 Å². The van der Waals surface area contributed by atoms with Crippen molar-refractivity contribution in [2.45, 2.75) is 71.6 Å². The molecule has 0 aromatic rings. The molecule has 1 heterocycles. The van der Waals surface area contributed by atoms with E-state index in [2.05, 4.69) is 19.2 Å². The van der Waals surface area contributed by atoms with Gasteiger partial charge >= 0.3 is 6.09 Å². The van der Waals surface area contributed by atoms with E-state index in [1.165, 1.54) is 0 Å². The second-order valence-corrected chi connectivity index (χ2v) is 7.29. The lowest BCUT2D eigenvalue weighted by molar-refractivity contribution is 0.0255. The van der Waals surface area contributed by atoms with Crippen molar-refractivity contribution in [1.82, 2.24) is 10.2 Å². The normalized spacial score (nSPS) is 22.0. The Morgan fingerprint density at radius 3 is 2.52 bits per heavy atom. The molecule has 21 heavy (non-hydrogen) atoms. The van der Waals surface area contributed by atoms with E-state index >= 15 is 0 Å². The third kappa shape index (κ3) is 6.66. The third-order valence-corrected chi connectivity index (χ3v) is 3.83. The molecule has 0 radical (unpaired) electrons. The average molecular weight is 300 g/mol. The third-order valence-electron chi connectivity index (χ3n) is 3.83. The van der Waals surface area contributed by atoms with Crippen LogP contribution < -0.4 is 5.32 Å². The average Bonchev–Trinajstić information content (AvgIpc) is 2.58. The summed E-state index contributed by atoms with van der Waals surface area (Å²) < 4.78 is 5.44. The van der Waals surface area contributed by atoms with Crippen LogP contribution in [0.2, 0.25) is 0 Å². The molecule has 0 saturated carbocycles. The molecule has 1 aliphatic rings. The van der Waals surface area contributed by atoms with Crippen LogP contribution in [0.15, 0.2) is 0 Å². The minimum atomic E-state index is -0.444. The minimum absolute atomic E-state index is 0.128.